The van der Waals surface area contributed by atoms with Crippen molar-refractivity contribution in [3.63, 3.8) is 0 Å². The van der Waals surface area contributed by atoms with E-state index in [1.165, 1.54) is 6.92 Å². The van der Waals surface area contributed by atoms with Crippen molar-refractivity contribution < 1.29 is 21.6 Å². The first-order chi connectivity index (χ1) is 9.69. The zero-order valence-corrected chi connectivity index (χ0v) is 11.6. The van der Waals surface area contributed by atoms with Crippen LogP contribution in [0.5, 0.6) is 0 Å². The predicted molar refractivity (Wildman–Crippen MR) is 72.7 cm³/mol. The fourth-order valence-corrected chi connectivity index (χ4v) is 2.90. The third-order valence-corrected chi connectivity index (χ3v) is 4.04. The average molecular weight is 316 g/mol. The summed E-state index contributed by atoms with van der Waals surface area (Å²) in [4.78, 5) is -0.302. The van der Waals surface area contributed by atoms with Crippen LogP contribution in [0.3, 0.4) is 0 Å². The third-order valence-electron chi connectivity index (χ3n) is 2.68. The van der Waals surface area contributed by atoms with Gasteiger partial charge in [-0.05, 0) is 36.8 Å². The molecule has 0 unspecified atom stereocenters. The molecule has 0 fully saturated rings. The van der Waals surface area contributed by atoms with Crippen molar-refractivity contribution in [3.8, 4) is 0 Å². The summed E-state index contributed by atoms with van der Waals surface area (Å²) in [6.45, 7) is 1.35. The summed E-state index contributed by atoms with van der Waals surface area (Å²) in [6, 6.07) is 4.25. The number of nitrogens with one attached hydrogen (secondary N) is 1. The molecule has 0 saturated heterocycles. The predicted octanol–water partition coefficient (Wildman–Crippen LogP) is 2.80. The van der Waals surface area contributed by atoms with Crippen LogP contribution in [-0.4, -0.2) is 8.42 Å². The fourth-order valence-electron chi connectivity index (χ4n) is 1.74. The molecular weight excluding hydrogens is 305 g/mol. The standard InChI is InChI=1S/C13H11F3N2O2S/c1-7-2-11(6-12(17)13(7)16)21(19,20)18-10-4-8(14)3-9(15)5-10/h2-6,18H,17H2,1H3. The van der Waals surface area contributed by atoms with Gasteiger partial charge < -0.3 is 5.73 Å². The number of hydrogen-bond acceptors (Lipinski definition) is 3. The monoisotopic (exact) mass is 316 g/mol. The Bertz CT molecular complexity index is 764. The van der Waals surface area contributed by atoms with E-state index in [9.17, 15) is 21.6 Å². The van der Waals surface area contributed by atoms with Gasteiger partial charge in [0.2, 0.25) is 0 Å². The lowest BCUT2D eigenvalue weighted by molar-refractivity contribution is 0.584. The maximum absolute atomic E-state index is 13.4. The molecule has 0 bridgehead atoms. The van der Waals surface area contributed by atoms with Gasteiger partial charge in [-0.25, -0.2) is 21.6 Å². The number of sulfonamides is 1. The van der Waals surface area contributed by atoms with Crippen LogP contribution >= 0.6 is 0 Å². The van der Waals surface area contributed by atoms with Gasteiger partial charge in [0.15, 0.2) is 0 Å². The molecule has 3 N–H and O–H groups in total. The van der Waals surface area contributed by atoms with Gasteiger partial charge in [0, 0.05) is 6.07 Å². The molecule has 0 spiro atoms. The summed E-state index contributed by atoms with van der Waals surface area (Å²) < 4.78 is 65.7. The second kappa shape index (κ2) is 5.28. The van der Waals surface area contributed by atoms with Crippen molar-refractivity contribution in [2.75, 3.05) is 10.5 Å². The van der Waals surface area contributed by atoms with Gasteiger partial charge in [-0.2, -0.15) is 0 Å². The van der Waals surface area contributed by atoms with E-state index in [0.717, 1.165) is 24.3 Å². The summed E-state index contributed by atoms with van der Waals surface area (Å²) in [6.07, 6.45) is 0. The number of nitrogen functional groups attached to an aromatic ring is 1. The highest BCUT2D eigenvalue weighted by Gasteiger charge is 2.18. The van der Waals surface area contributed by atoms with E-state index in [2.05, 4.69) is 0 Å². The van der Waals surface area contributed by atoms with Gasteiger partial charge in [-0.1, -0.05) is 0 Å². The zero-order valence-electron chi connectivity index (χ0n) is 10.8. The Morgan fingerprint density at radius 1 is 1.00 bits per heavy atom. The van der Waals surface area contributed by atoms with Crippen LogP contribution in [0.25, 0.3) is 0 Å². The number of benzene rings is 2. The number of hydrogen-bond donors (Lipinski definition) is 2. The Kier molecular flexibility index (Phi) is 3.82. The molecule has 112 valence electrons. The fraction of sp³-hybridized carbons (Fsp3) is 0.0769. The van der Waals surface area contributed by atoms with E-state index in [-0.39, 0.29) is 21.8 Å². The molecule has 0 heterocycles. The molecule has 0 amide bonds. The van der Waals surface area contributed by atoms with E-state index >= 15 is 0 Å². The normalized spacial score (nSPS) is 11.4. The lowest BCUT2D eigenvalue weighted by atomic mass is 10.2. The quantitative estimate of drug-likeness (QED) is 0.855. The van der Waals surface area contributed by atoms with Gasteiger partial charge in [0.1, 0.15) is 17.5 Å². The molecule has 0 atom stereocenters. The first kappa shape index (κ1) is 15.2. The molecular formula is C13H11F3N2O2S. The van der Waals surface area contributed by atoms with Crippen molar-refractivity contribution in [1.82, 2.24) is 0 Å². The minimum Gasteiger partial charge on any atom is -0.396 e. The molecule has 4 nitrogen and oxygen atoms in total. The molecule has 0 radical (unpaired) electrons. The van der Waals surface area contributed by atoms with Crippen LogP contribution in [0.2, 0.25) is 0 Å². The van der Waals surface area contributed by atoms with Crippen LogP contribution < -0.4 is 10.5 Å². The van der Waals surface area contributed by atoms with Gasteiger partial charge in [-0.3, -0.25) is 4.72 Å². The molecule has 21 heavy (non-hydrogen) atoms. The van der Waals surface area contributed by atoms with Crippen LogP contribution in [-0.2, 0) is 10.0 Å². The molecule has 0 aliphatic rings. The average Bonchev–Trinajstić information content (AvgIpc) is 2.33. The van der Waals surface area contributed by atoms with Gasteiger partial charge in [0.05, 0.1) is 16.3 Å². The second-order valence-electron chi connectivity index (χ2n) is 4.41. The molecule has 2 aromatic rings. The van der Waals surface area contributed by atoms with Crippen LogP contribution in [0, 0.1) is 24.4 Å². The summed E-state index contributed by atoms with van der Waals surface area (Å²) in [5.41, 5.74) is 4.80. The minimum absolute atomic E-state index is 0.0424. The lowest BCUT2D eigenvalue weighted by Gasteiger charge is -2.10. The summed E-state index contributed by atoms with van der Waals surface area (Å²) in [7, 11) is -4.14. The largest absolute Gasteiger partial charge is 0.396 e. The Hall–Kier alpha value is -2.22. The molecule has 0 aliphatic heterocycles. The van der Waals surface area contributed by atoms with Gasteiger partial charge in [-0.15, -0.1) is 0 Å². The van der Waals surface area contributed by atoms with E-state index in [4.69, 9.17) is 5.73 Å². The number of rotatable bonds is 3. The molecule has 0 aromatic heterocycles. The van der Waals surface area contributed by atoms with E-state index in [1.54, 1.807) is 0 Å². The van der Waals surface area contributed by atoms with E-state index in [0.29, 0.717) is 6.07 Å². The van der Waals surface area contributed by atoms with Crippen molar-refractivity contribution in [2.24, 2.45) is 0 Å². The molecule has 2 aromatic carbocycles. The number of anilines is 2. The second-order valence-corrected chi connectivity index (χ2v) is 6.09. The van der Waals surface area contributed by atoms with Crippen LogP contribution in [0.4, 0.5) is 24.5 Å². The third kappa shape index (κ3) is 3.27. The Morgan fingerprint density at radius 3 is 2.10 bits per heavy atom. The van der Waals surface area contributed by atoms with Crippen molar-refractivity contribution in [2.45, 2.75) is 11.8 Å². The maximum Gasteiger partial charge on any atom is 0.261 e. The highest BCUT2D eigenvalue weighted by molar-refractivity contribution is 7.92. The first-order valence-corrected chi connectivity index (χ1v) is 7.22. The molecule has 0 saturated carbocycles. The highest BCUT2D eigenvalue weighted by Crippen LogP contribution is 2.23. The first-order valence-electron chi connectivity index (χ1n) is 5.73. The number of halogens is 3. The molecule has 8 heteroatoms. The molecule has 2 rings (SSSR count). The summed E-state index contributed by atoms with van der Waals surface area (Å²) in [5.74, 6) is -2.57. The zero-order chi connectivity index (χ0) is 15.8. The van der Waals surface area contributed by atoms with Crippen LogP contribution in [0.15, 0.2) is 35.2 Å². The van der Waals surface area contributed by atoms with Crippen molar-refractivity contribution >= 4 is 21.4 Å². The molecule has 0 aliphatic carbocycles. The topological polar surface area (TPSA) is 72.2 Å². The summed E-state index contributed by atoms with van der Waals surface area (Å²) >= 11 is 0. The number of nitrogens with two attached hydrogens (primary N) is 1. The SMILES string of the molecule is Cc1cc(S(=O)(=O)Nc2cc(F)cc(F)c2)cc(N)c1F. The van der Waals surface area contributed by atoms with E-state index in [1.807, 2.05) is 4.72 Å². The maximum atomic E-state index is 13.4. The Balaban J connectivity index is 2.43. The smallest absolute Gasteiger partial charge is 0.261 e. The van der Waals surface area contributed by atoms with Gasteiger partial charge in [0.25, 0.3) is 10.0 Å². The van der Waals surface area contributed by atoms with Crippen molar-refractivity contribution in [1.29, 1.82) is 0 Å². The minimum atomic E-state index is -4.14. The Labute approximate surface area is 119 Å². The number of aryl methyl sites for hydroxylation is 1. The van der Waals surface area contributed by atoms with Gasteiger partial charge >= 0.3 is 0 Å². The highest BCUT2D eigenvalue weighted by atomic mass is 32.2. The summed E-state index contributed by atoms with van der Waals surface area (Å²) in [5, 5.41) is 0. The lowest BCUT2D eigenvalue weighted by Crippen LogP contribution is -2.14. The van der Waals surface area contributed by atoms with Crippen molar-refractivity contribution in [3.05, 3.63) is 53.3 Å². The Morgan fingerprint density at radius 2 is 1.57 bits per heavy atom. The van der Waals surface area contributed by atoms with Crippen LogP contribution in [0.1, 0.15) is 5.56 Å². The van der Waals surface area contributed by atoms with E-state index < -0.39 is 27.5 Å².